The fourth-order valence-electron chi connectivity index (χ4n) is 2.71. The lowest BCUT2D eigenvalue weighted by atomic mass is 10.1. The molecule has 1 N–H and O–H groups in total. The molecule has 29 heavy (non-hydrogen) atoms. The zero-order valence-corrected chi connectivity index (χ0v) is 16.2. The summed E-state index contributed by atoms with van der Waals surface area (Å²) in [5.74, 6) is 0.483. The molecule has 2 heterocycles. The first kappa shape index (κ1) is 18.9. The van der Waals surface area contributed by atoms with Crippen LogP contribution in [0.4, 0.5) is 9.52 Å². The predicted molar refractivity (Wildman–Crippen MR) is 108 cm³/mol. The van der Waals surface area contributed by atoms with Gasteiger partial charge in [-0.1, -0.05) is 47.6 Å². The van der Waals surface area contributed by atoms with E-state index in [-0.39, 0.29) is 18.1 Å². The Morgan fingerprint density at radius 3 is 2.69 bits per heavy atom. The predicted octanol–water partition coefficient (Wildman–Crippen LogP) is 4.49. The zero-order valence-electron chi connectivity index (χ0n) is 15.3. The third kappa shape index (κ3) is 5.11. The first-order chi connectivity index (χ1) is 14.2. The van der Waals surface area contributed by atoms with Crippen LogP contribution in [0.3, 0.4) is 0 Å². The number of aryl methyl sites for hydroxylation is 1. The van der Waals surface area contributed by atoms with Crippen LogP contribution >= 0.6 is 11.3 Å². The summed E-state index contributed by atoms with van der Waals surface area (Å²) in [7, 11) is 0. The number of carbonyl (C=O) groups is 1. The highest BCUT2D eigenvalue weighted by Crippen LogP contribution is 2.22. The van der Waals surface area contributed by atoms with Crippen LogP contribution in [0, 0.1) is 5.82 Å². The molecular formula is C21H17FN4O2S. The Morgan fingerprint density at radius 2 is 1.90 bits per heavy atom. The monoisotopic (exact) mass is 408 g/mol. The Bertz CT molecular complexity index is 1090. The number of carbonyl (C=O) groups excluding carboxylic acids is 1. The molecule has 0 radical (unpaired) electrons. The van der Waals surface area contributed by atoms with E-state index in [0.717, 1.165) is 16.0 Å². The number of amides is 1. The summed E-state index contributed by atoms with van der Waals surface area (Å²) in [6.45, 7) is 0. The largest absolute Gasteiger partial charge is 0.339 e. The minimum absolute atomic E-state index is 0.174. The van der Waals surface area contributed by atoms with Crippen molar-refractivity contribution in [3.05, 3.63) is 82.9 Å². The minimum atomic E-state index is -0.261. The quantitative estimate of drug-likeness (QED) is 0.487. The van der Waals surface area contributed by atoms with Gasteiger partial charge in [0.1, 0.15) is 5.82 Å². The third-order valence-electron chi connectivity index (χ3n) is 4.16. The van der Waals surface area contributed by atoms with E-state index in [1.54, 1.807) is 18.3 Å². The van der Waals surface area contributed by atoms with E-state index in [1.807, 2.05) is 30.3 Å². The molecule has 0 unspecified atom stereocenters. The van der Waals surface area contributed by atoms with E-state index in [4.69, 9.17) is 4.52 Å². The Morgan fingerprint density at radius 1 is 1.10 bits per heavy atom. The van der Waals surface area contributed by atoms with Gasteiger partial charge in [0.05, 0.1) is 0 Å². The number of hydrogen-bond donors (Lipinski definition) is 1. The number of aromatic nitrogens is 3. The van der Waals surface area contributed by atoms with Crippen LogP contribution in [0.25, 0.3) is 11.4 Å². The Kier molecular flexibility index (Phi) is 5.71. The number of nitrogens with one attached hydrogen (secondary N) is 1. The number of anilines is 1. The van der Waals surface area contributed by atoms with Crippen LogP contribution < -0.4 is 5.32 Å². The van der Waals surface area contributed by atoms with E-state index >= 15 is 0 Å². The van der Waals surface area contributed by atoms with Crippen molar-refractivity contribution in [2.45, 2.75) is 19.3 Å². The molecular weight excluding hydrogens is 391 g/mol. The molecule has 1 amide bonds. The second-order valence-electron chi connectivity index (χ2n) is 6.36. The molecule has 0 bridgehead atoms. The highest BCUT2D eigenvalue weighted by molar-refractivity contribution is 7.15. The van der Waals surface area contributed by atoms with Crippen molar-refractivity contribution in [1.82, 2.24) is 15.1 Å². The Labute approximate surface area is 170 Å². The maximum atomic E-state index is 13.0. The summed E-state index contributed by atoms with van der Waals surface area (Å²) in [5, 5.41) is 7.26. The van der Waals surface area contributed by atoms with Gasteiger partial charge in [-0.25, -0.2) is 9.37 Å². The molecule has 0 aliphatic rings. The molecule has 146 valence electrons. The van der Waals surface area contributed by atoms with Gasteiger partial charge < -0.3 is 9.84 Å². The molecule has 6 nitrogen and oxygen atoms in total. The Hall–Kier alpha value is -3.39. The van der Waals surface area contributed by atoms with E-state index in [1.165, 1.54) is 23.5 Å². The SMILES string of the molecule is O=C(CCc1nc(-c2ccccc2)no1)Nc1ncc(Cc2ccc(F)cc2)s1. The van der Waals surface area contributed by atoms with E-state index in [2.05, 4.69) is 20.4 Å². The number of hydrogen-bond acceptors (Lipinski definition) is 6. The maximum Gasteiger partial charge on any atom is 0.227 e. The molecule has 4 aromatic rings. The van der Waals surface area contributed by atoms with Crippen molar-refractivity contribution < 1.29 is 13.7 Å². The second-order valence-corrected chi connectivity index (χ2v) is 7.48. The van der Waals surface area contributed by atoms with Gasteiger partial charge in [-0.2, -0.15) is 4.98 Å². The number of rotatable bonds is 7. The van der Waals surface area contributed by atoms with Gasteiger partial charge in [-0.15, -0.1) is 11.3 Å². The molecule has 0 atom stereocenters. The standard InChI is InChI=1S/C21H17FN4O2S/c22-16-8-6-14(7-9-16)12-17-13-23-21(29-17)24-18(27)10-11-19-25-20(26-28-19)15-4-2-1-3-5-15/h1-9,13H,10-12H2,(H,23,24,27). The fourth-order valence-corrected chi connectivity index (χ4v) is 3.58. The van der Waals surface area contributed by atoms with Gasteiger partial charge >= 0.3 is 0 Å². The molecule has 0 spiro atoms. The van der Waals surface area contributed by atoms with Crippen molar-refractivity contribution in [2.24, 2.45) is 0 Å². The zero-order chi connectivity index (χ0) is 20.1. The Balaban J connectivity index is 1.28. The number of nitrogens with zero attached hydrogens (tertiary/aromatic N) is 3. The first-order valence-electron chi connectivity index (χ1n) is 9.03. The van der Waals surface area contributed by atoms with Crippen LogP contribution in [0.5, 0.6) is 0 Å². The van der Waals surface area contributed by atoms with Crippen molar-refractivity contribution in [3.8, 4) is 11.4 Å². The molecule has 8 heteroatoms. The summed E-state index contributed by atoms with van der Waals surface area (Å²) in [6.07, 6.45) is 2.91. The van der Waals surface area contributed by atoms with E-state index in [9.17, 15) is 9.18 Å². The van der Waals surface area contributed by atoms with E-state index < -0.39 is 0 Å². The lowest BCUT2D eigenvalue weighted by molar-refractivity contribution is -0.116. The molecule has 0 aliphatic carbocycles. The molecule has 4 rings (SSSR count). The number of thiazole rings is 1. The van der Waals surface area contributed by atoms with Crippen LogP contribution in [-0.4, -0.2) is 21.0 Å². The van der Waals surface area contributed by atoms with Gasteiger partial charge in [0.25, 0.3) is 0 Å². The van der Waals surface area contributed by atoms with Crippen molar-refractivity contribution in [3.63, 3.8) is 0 Å². The molecule has 0 saturated carbocycles. The van der Waals surface area contributed by atoms with Crippen molar-refractivity contribution >= 4 is 22.4 Å². The second kappa shape index (κ2) is 8.74. The summed E-state index contributed by atoms with van der Waals surface area (Å²) in [6, 6.07) is 15.8. The third-order valence-corrected chi connectivity index (χ3v) is 5.07. The van der Waals surface area contributed by atoms with Gasteiger partial charge in [-0.05, 0) is 17.7 Å². The number of halogens is 1. The molecule has 2 aromatic heterocycles. The lowest BCUT2D eigenvalue weighted by Gasteiger charge is -1.99. The van der Waals surface area contributed by atoms with Crippen LogP contribution in [0.2, 0.25) is 0 Å². The van der Waals surface area contributed by atoms with Crippen molar-refractivity contribution in [2.75, 3.05) is 5.32 Å². The molecule has 2 aromatic carbocycles. The van der Waals surface area contributed by atoms with E-state index in [0.29, 0.717) is 29.7 Å². The highest BCUT2D eigenvalue weighted by atomic mass is 32.1. The summed E-state index contributed by atoms with van der Waals surface area (Å²) >= 11 is 1.40. The van der Waals surface area contributed by atoms with Gasteiger partial charge in [0.2, 0.25) is 17.6 Å². The molecule has 0 aliphatic heterocycles. The highest BCUT2D eigenvalue weighted by Gasteiger charge is 2.12. The van der Waals surface area contributed by atoms with Crippen molar-refractivity contribution in [1.29, 1.82) is 0 Å². The minimum Gasteiger partial charge on any atom is -0.339 e. The summed E-state index contributed by atoms with van der Waals surface area (Å²) < 4.78 is 18.2. The number of benzene rings is 2. The van der Waals surface area contributed by atoms with Crippen LogP contribution in [0.1, 0.15) is 22.8 Å². The van der Waals surface area contributed by atoms with Crippen LogP contribution in [0.15, 0.2) is 65.3 Å². The van der Waals surface area contributed by atoms with Crippen LogP contribution in [-0.2, 0) is 17.6 Å². The smallest absolute Gasteiger partial charge is 0.227 e. The normalized spacial score (nSPS) is 10.8. The fraction of sp³-hybridized carbons (Fsp3) is 0.143. The van der Waals surface area contributed by atoms with Gasteiger partial charge in [0, 0.05) is 35.9 Å². The summed E-state index contributed by atoms with van der Waals surface area (Å²) in [4.78, 5) is 21.7. The lowest BCUT2D eigenvalue weighted by Crippen LogP contribution is -2.12. The first-order valence-corrected chi connectivity index (χ1v) is 9.84. The molecule has 0 fully saturated rings. The molecule has 0 saturated heterocycles. The maximum absolute atomic E-state index is 13.0. The van der Waals surface area contributed by atoms with Gasteiger partial charge in [0.15, 0.2) is 5.13 Å². The average molecular weight is 408 g/mol. The summed E-state index contributed by atoms with van der Waals surface area (Å²) in [5.41, 5.74) is 1.85. The average Bonchev–Trinajstić information content (AvgIpc) is 3.38. The van der Waals surface area contributed by atoms with Gasteiger partial charge in [-0.3, -0.25) is 4.79 Å². The topological polar surface area (TPSA) is 80.9 Å².